The summed E-state index contributed by atoms with van der Waals surface area (Å²) in [6.45, 7) is 6.33. The summed E-state index contributed by atoms with van der Waals surface area (Å²) in [5, 5.41) is 0. The van der Waals surface area contributed by atoms with Gasteiger partial charge in [-0.25, -0.2) is 4.79 Å². The van der Waals surface area contributed by atoms with Crippen LogP contribution in [0.4, 0.5) is 0 Å². The van der Waals surface area contributed by atoms with Crippen LogP contribution in [0.5, 0.6) is 0 Å². The van der Waals surface area contributed by atoms with E-state index in [1.807, 2.05) is 0 Å². The molecule has 10 atom stereocenters. The molecular weight excluding hydrogens is 628 g/mol. The van der Waals surface area contributed by atoms with E-state index in [1.54, 1.807) is 0 Å². The molecule has 0 bridgehead atoms. The van der Waals surface area contributed by atoms with Crippen LogP contribution in [0.1, 0.15) is 48.5 Å². The van der Waals surface area contributed by atoms with Crippen molar-refractivity contribution in [1.29, 1.82) is 0 Å². The van der Waals surface area contributed by atoms with Gasteiger partial charge in [0.1, 0.15) is 6.10 Å². The van der Waals surface area contributed by atoms with Crippen LogP contribution < -0.4 is 0 Å². The Balaban J connectivity index is 2.58. The minimum atomic E-state index is -1.80. The van der Waals surface area contributed by atoms with Crippen LogP contribution in [0.25, 0.3) is 0 Å². The van der Waals surface area contributed by atoms with Gasteiger partial charge in [0.2, 0.25) is 12.4 Å². The summed E-state index contributed by atoms with van der Waals surface area (Å²) in [6, 6.07) is 0. The Morgan fingerprint density at radius 1 is 0.457 bits per heavy atom. The van der Waals surface area contributed by atoms with Gasteiger partial charge in [-0.05, 0) is 0 Å². The first kappa shape index (κ1) is 37.8. The molecule has 2 fully saturated rings. The summed E-state index contributed by atoms with van der Waals surface area (Å²) >= 11 is 0. The summed E-state index contributed by atoms with van der Waals surface area (Å²) in [6.07, 6.45) is -16.7. The number of esters is 8. The first-order valence-corrected chi connectivity index (χ1v) is 13.7. The van der Waals surface area contributed by atoms with E-state index in [4.69, 9.17) is 52.1 Å². The molecule has 0 radical (unpaired) electrons. The van der Waals surface area contributed by atoms with Gasteiger partial charge in [-0.3, -0.25) is 33.6 Å². The highest BCUT2D eigenvalue weighted by Crippen LogP contribution is 2.33. The topological polar surface area (TPSA) is 238 Å². The number of ether oxygens (including phenoxy) is 11. The van der Waals surface area contributed by atoms with Crippen molar-refractivity contribution in [2.24, 2.45) is 0 Å². The molecule has 0 spiro atoms. The maximum absolute atomic E-state index is 12.7. The summed E-state index contributed by atoms with van der Waals surface area (Å²) in [5.74, 6) is -7.49. The first-order valence-electron chi connectivity index (χ1n) is 13.7. The Kier molecular flexibility index (Phi) is 13.8. The predicted octanol–water partition coefficient (Wildman–Crippen LogP) is -1.22. The quantitative estimate of drug-likeness (QED) is 0.186. The fourth-order valence-corrected chi connectivity index (χ4v) is 4.65. The summed E-state index contributed by atoms with van der Waals surface area (Å²) < 4.78 is 58.8. The number of carbonyl (C=O) groups excluding carboxylic acids is 8. The van der Waals surface area contributed by atoms with Crippen LogP contribution in [0.3, 0.4) is 0 Å². The maximum atomic E-state index is 12.7. The monoisotopic (exact) mass is 664 g/mol. The molecule has 2 aliphatic rings. The van der Waals surface area contributed by atoms with Gasteiger partial charge < -0.3 is 52.1 Å². The van der Waals surface area contributed by atoms with Gasteiger partial charge in [0, 0.05) is 48.5 Å². The lowest BCUT2D eigenvalue weighted by atomic mass is 9.97. The number of carbonyl (C=O) groups is 8. The standard InChI is InChI=1S/C27H36O19/c1-10(28)38-18-17(45-27(44-16(7)34)24(43-15(6)33)19(18)39-11(2)29)9-37-26-23(42-14(5)32)21(41-13(4)31)20(40-12(3)30)22(46-26)25(35)36-8/h17-24,26-27H,9H2,1-8H3/t17-,18+,19+,20+,21+,22?,23-,24-,26?,27-/m1/s1. The number of hydrogen-bond donors (Lipinski definition) is 0. The predicted molar refractivity (Wildman–Crippen MR) is 140 cm³/mol. The van der Waals surface area contributed by atoms with Gasteiger partial charge in [0.05, 0.1) is 13.7 Å². The van der Waals surface area contributed by atoms with Crippen molar-refractivity contribution in [2.75, 3.05) is 13.7 Å². The lowest BCUT2D eigenvalue weighted by molar-refractivity contribution is -0.327. The molecule has 46 heavy (non-hydrogen) atoms. The van der Waals surface area contributed by atoms with Crippen LogP contribution in [-0.4, -0.2) is 123 Å². The van der Waals surface area contributed by atoms with Crippen molar-refractivity contribution >= 4 is 47.8 Å². The van der Waals surface area contributed by atoms with E-state index < -0.39 is 116 Å². The zero-order chi connectivity index (χ0) is 34.9. The van der Waals surface area contributed by atoms with E-state index in [1.165, 1.54) is 0 Å². The van der Waals surface area contributed by atoms with Gasteiger partial charge in [-0.2, -0.15) is 0 Å². The molecule has 0 aromatic rings. The molecule has 0 aromatic heterocycles. The van der Waals surface area contributed by atoms with E-state index in [0.717, 1.165) is 55.6 Å². The van der Waals surface area contributed by atoms with E-state index in [2.05, 4.69) is 0 Å². The molecular formula is C27H36O19. The van der Waals surface area contributed by atoms with Gasteiger partial charge in [0.15, 0.2) is 42.9 Å². The average molecular weight is 665 g/mol. The molecule has 0 aliphatic carbocycles. The van der Waals surface area contributed by atoms with Gasteiger partial charge in [-0.15, -0.1) is 0 Å². The Bertz CT molecular complexity index is 1180. The molecule has 19 nitrogen and oxygen atoms in total. The van der Waals surface area contributed by atoms with E-state index in [0.29, 0.717) is 0 Å². The van der Waals surface area contributed by atoms with Gasteiger partial charge in [-0.1, -0.05) is 0 Å². The second-order valence-electron chi connectivity index (χ2n) is 9.88. The third kappa shape index (κ3) is 10.6. The van der Waals surface area contributed by atoms with E-state index in [-0.39, 0.29) is 0 Å². The highest BCUT2D eigenvalue weighted by molar-refractivity contribution is 5.77. The van der Waals surface area contributed by atoms with E-state index in [9.17, 15) is 38.4 Å². The number of methoxy groups -OCH3 is 1. The highest BCUT2D eigenvalue weighted by Gasteiger charge is 2.57. The molecule has 258 valence electrons. The van der Waals surface area contributed by atoms with Crippen LogP contribution >= 0.6 is 0 Å². The summed E-state index contributed by atoms with van der Waals surface area (Å²) in [5.41, 5.74) is 0. The van der Waals surface area contributed by atoms with Crippen molar-refractivity contribution in [2.45, 2.75) is 110 Å². The molecule has 0 aromatic carbocycles. The Morgan fingerprint density at radius 2 is 0.826 bits per heavy atom. The van der Waals surface area contributed by atoms with Gasteiger partial charge in [0.25, 0.3) is 0 Å². The van der Waals surface area contributed by atoms with Crippen LogP contribution in [-0.2, 0) is 90.5 Å². The summed E-state index contributed by atoms with van der Waals surface area (Å²) in [7, 11) is 0.995. The van der Waals surface area contributed by atoms with Gasteiger partial charge >= 0.3 is 47.8 Å². The average Bonchev–Trinajstić information content (AvgIpc) is 2.91. The smallest absolute Gasteiger partial charge is 0.339 e. The van der Waals surface area contributed by atoms with Crippen molar-refractivity contribution in [3.05, 3.63) is 0 Å². The van der Waals surface area contributed by atoms with Crippen molar-refractivity contribution in [3.8, 4) is 0 Å². The van der Waals surface area contributed by atoms with E-state index >= 15 is 0 Å². The van der Waals surface area contributed by atoms with Crippen LogP contribution in [0, 0.1) is 0 Å². The Morgan fingerprint density at radius 3 is 1.26 bits per heavy atom. The molecule has 2 aliphatic heterocycles. The number of rotatable bonds is 11. The lowest BCUT2D eigenvalue weighted by Gasteiger charge is -2.45. The highest BCUT2D eigenvalue weighted by atomic mass is 16.8. The van der Waals surface area contributed by atoms with Crippen LogP contribution in [0.15, 0.2) is 0 Å². The zero-order valence-corrected chi connectivity index (χ0v) is 26.2. The molecule has 2 unspecified atom stereocenters. The molecule has 2 rings (SSSR count). The van der Waals surface area contributed by atoms with Crippen LogP contribution in [0.2, 0.25) is 0 Å². The molecule has 2 saturated heterocycles. The molecule has 2 heterocycles. The minimum absolute atomic E-state index is 0.721. The van der Waals surface area contributed by atoms with Crippen molar-refractivity contribution < 1.29 is 90.5 Å². The Hall–Kier alpha value is -4.36. The Labute approximate surface area is 262 Å². The fourth-order valence-electron chi connectivity index (χ4n) is 4.65. The molecule has 0 N–H and O–H groups in total. The third-order valence-corrected chi connectivity index (χ3v) is 6.04. The maximum Gasteiger partial charge on any atom is 0.339 e. The third-order valence-electron chi connectivity index (χ3n) is 6.04. The first-order chi connectivity index (χ1) is 21.4. The largest absolute Gasteiger partial charge is 0.467 e. The SMILES string of the molecule is COC(=O)C1OC(OC[C@H]2O[C@@H](OC(C)=O)[C@H](OC(C)=O)[C@@H](OC(C)=O)[C@H]2OC(C)=O)[C@H](OC(C)=O)[C@@H](OC(C)=O)[C@@H]1OC(C)=O. The molecule has 0 saturated carbocycles. The molecule has 0 amide bonds. The summed E-state index contributed by atoms with van der Waals surface area (Å²) in [4.78, 5) is 96.7. The van der Waals surface area contributed by atoms with Crippen molar-refractivity contribution in [3.63, 3.8) is 0 Å². The number of hydrogen-bond acceptors (Lipinski definition) is 19. The van der Waals surface area contributed by atoms with Crippen molar-refractivity contribution in [1.82, 2.24) is 0 Å². The minimum Gasteiger partial charge on any atom is -0.467 e. The molecule has 19 heteroatoms. The second kappa shape index (κ2) is 16.8. The second-order valence-corrected chi connectivity index (χ2v) is 9.88. The lowest BCUT2D eigenvalue weighted by Crippen LogP contribution is -2.65. The zero-order valence-electron chi connectivity index (χ0n) is 26.2. The normalized spacial score (nSPS) is 30.4. The fraction of sp³-hybridized carbons (Fsp3) is 0.704.